The van der Waals surface area contributed by atoms with E-state index in [1.807, 2.05) is 49.9 Å². The van der Waals surface area contributed by atoms with E-state index in [0.29, 0.717) is 5.75 Å². The van der Waals surface area contributed by atoms with Crippen LogP contribution in [0.25, 0.3) is 0 Å². The number of rotatable bonds is 4. The Morgan fingerprint density at radius 2 is 2.17 bits per heavy atom. The van der Waals surface area contributed by atoms with Gasteiger partial charge in [-0.15, -0.1) is 0 Å². The number of aromatic nitrogens is 2. The quantitative estimate of drug-likeness (QED) is 0.626. The lowest BCUT2D eigenvalue weighted by molar-refractivity contribution is 0.102. The second kappa shape index (κ2) is 5.40. The molecular formula is C14H16N2OS. The van der Waals surface area contributed by atoms with Crippen LogP contribution in [0.3, 0.4) is 0 Å². The highest BCUT2D eigenvalue weighted by Crippen LogP contribution is 2.18. The molecule has 0 radical (unpaired) electrons. The van der Waals surface area contributed by atoms with Gasteiger partial charge in [0.25, 0.3) is 0 Å². The van der Waals surface area contributed by atoms with E-state index < -0.39 is 0 Å². The third-order valence-corrected chi connectivity index (χ3v) is 3.85. The number of nitrogens with zero attached hydrogens (tertiary/aromatic N) is 2. The molecule has 0 aliphatic heterocycles. The number of thioether (sulfide) groups is 1. The summed E-state index contributed by atoms with van der Waals surface area (Å²) in [5.74, 6) is 0.579. The average molecular weight is 260 g/mol. The number of carbonyl (C=O) groups excluding carboxylic acids is 1. The van der Waals surface area contributed by atoms with Crippen molar-refractivity contribution < 1.29 is 4.79 Å². The first-order chi connectivity index (χ1) is 8.58. The zero-order valence-electron chi connectivity index (χ0n) is 10.8. The van der Waals surface area contributed by atoms with Gasteiger partial charge in [-0.05, 0) is 19.4 Å². The predicted octanol–water partition coefficient (Wildman–Crippen LogP) is 3.01. The zero-order chi connectivity index (χ0) is 13.1. The Labute approximate surface area is 111 Å². The number of hydrogen-bond donors (Lipinski definition) is 0. The Morgan fingerprint density at radius 3 is 2.78 bits per heavy atom. The highest BCUT2D eigenvalue weighted by atomic mass is 32.2. The summed E-state index contributed by atoms with van der Waals surface area (Å²) in [6, 6.07) is 5.93. The Bertz CT molecular complexity index is 575. The van der Waals surface area contributed by atoms with Crippen LogP contribution in [0.2, 0.25) is 0 Å². The number of imidazole rings is 1. The van der Waals surface area contributed by atoms with Gasteiger partial charge in [-0.2, -0.15) is 0 Å². The fraction of sp³-hybridized carbons (Fsp3) is 0.286. The number of ketones is 1. The molecule has 0 aliphatic carbocycles. The highest BCUT2D eigenvalue weighted by Gasteiger charge is 2.11. The largest absolute Gasteiger partial charge is 0.329 e. The number of benzene rings is 1. The molecule has 1 heterocycles. The third kappa shape index (κ3) is 2.82. The summed E-state index contributed by atoms with van der Waals surface area (Å²) in [7, 11) is 1.93. The van der Waals surface area contributed by atoms with Gasteiger partial charge < -0.3 is 4.57 Å². The monoisotopic (exact) mass is 260 g/mol. The maximum Gasteiger partial charge on any atom is 0.173 e. The zero-order valence-corrected chi connectivity index (χ0v) is 11.6. The summed E-state index contributed by atoms with van der Waals surface area (Å²) in [6.07, 6.45) is 3.62. The third-order valence-electron chi connectivity index (χ3n) is 2.79. The number of carbonyl (C=O) groups is 1. The Kier molecular flexibility index (Phi) is 3.87. The fourth-order valence-electron chi connectivity index (χ4n) is 1.83. The van der Waals surface area contributed by atoms with E-state index in [1.54, 1.807) is 6.20 Å². The molecule has 4 heteroatoms. The minimum atomic E-state index is 0.153. The standard InChI is InChI=1S/C14H16N2OS/c1-10-4-5-12(11(2)8-10)13(17)9-18-14-15-6-7-16(14)3/h4-8H,9H2,1-3H3. The molecule has 3 nitrogen and oxygen atoms in total. The molecule has 0 aliphatic rings. The van der Waals surface area contributed by atoms with Crippen LogP contribution in [0.1, 0.15) is 21.5 Å². The predicted molar refractivity (Wildman–Crippen MR) is 74.2 cm³/mol. The second-order valence-corrected chi connectivity index (χ2v) is 5.29. The molecular weight excluding hydrogens is 244 g/mol. The summed E-state index contributed by atoms with van der Waals surface area (Å²) in [5, 5.41) is 0.869. The van der Waals surface area contributed by atoms with Crippen LogP contribution < -0.4 is 0 Å². The minimum absolute atomic E-state index is 0.153. The van der Waals surface area contributed by atoms with Crippen molar-refractivity contribution in [3.63, 3.8) is 0 Å². The molecule has 0 saturated heterocycles. The minimum Gasteiger partial charge on any atom is -0.329 e. The molecule has 0 spiro atoms. The van der Waals surface area contributed by atoms with Crippen molar-refractivity contribution in [3.8, 4) is 0 Å². The lowest BCUT2D eigenvalue weighted by Gasteiger charge is -2.06. The van der Waals surface area contributed by atoms with Crippen LogP contribution in [-0.2, 0) is 7.05 Å². The van der Waals surface area contributed by atoms with Crippen LogP contribution in [0, 0.1) is 13.8 Å². The van der Waals surface area contributed by atoms with E-state index in [9.17, 15) is 4.79 Å². The van der Waals surface area contributed by atoms with Crippen LogP contribution >= 0.6 is 11.8 Å². The second-order valence-electron chi connectivity index (χ2n) is 4.35. The van der Waals surface area contributed by atoms with Gasteiger partial charge in [0, 0.05) is 25.0 Å². The highest BCUT2D eigenvalue weighted by molar-refractivity contribution is 7.99. The first-order valence-corrected chi connectivity index (χ1v) is 6.77. The summed E-state index contributed by atoms with van der Waals surface area (Å²) >= 11 is 1.47. The fourth-order valence-corrected chi connectivity index (χ4v) is 2.64. The summed E-state index contributed by atoms with van der Waals surface area (Å²) in [6.45, 7) is 4.01. The van der Waals surface area contributed by atoms with Gasteiger partial charge in [-0.3, -0.25) is 4.79 Å². The van der Waals surface area contributed by atoms with Crippen LogP contribution in [-0.4, -0.2) is 21.1 Å². The molecule has 0 N–H and O–H groups in total. The van der Waals surface area contributed by atoms with E-state index in [-0.39, 0.29) is 5.78 Å². The normalized spacial score (nSPS) is 10.6. The molecule has 0 saturated carbocycles. The SMILES string of the molecule is Cc1ccc(C(=O)CSc2nccn2C)c(C)c1. The molecule has 0 atom stereocenters. The molecule has 0 fully saturated rings. The molecule has 94 valence electrons. The van der Waals surface area contributed by atoms with Crippen molar-refractivity contribution in [3.05, 3.63) is 47.3 Å². The van der Waals surface area contributed by atoms with Crippen LogP contribution in [0.4, 0.5) is 0 Å². The molecule has 0 unspecified atom stereocenters. The van der Waals surface area contributed by atoms with Gasteiger partial charge in [0.2, 0.25) is 0 Å². The van der Waals surface area contributed by atoms with Crippen LogP contribution in [0.5, 0.6) is 0 Å². The number of aryl methyl sites for hydroxylation is 3. The first-order valence-electron chi connectivity index (χ1n) is 5.78. The van der Waals surface area contributed by atoms with Crippen molar-refractivity contribution >= 4 is 17.5 Å². The molecule has 18 heavy (non-hydrogen) atoms. The topological polar surface area (TPSA) is 34.9 Å². The van der Waals surface area contributed by atoms with Crippen molar-refractivity contribution in [1.82, 2.24) is 9.55 Å². The van der Waals surface area contributed by atoms with Crippen molar-refractivity contribution in [2.75, 3.05) is 5.75 Å². The smallest absolute Gasteiger partial charge is 0.173 e. The molecule has 0 bridgehead atoms. The maximum atomic E-state index is 12.1. The Hall–Kier alpha value is -1.55. The van der Waals surface area contributed by atoms with E-state index in [2.05, 4.69) is 4.98 Å². The molecule has 1 aromatic carbocycles. The van der Waals surface area contributed by atoms with Crippen molar-refractivity contribution in [2.45, 2.75) is 19.0 Å². The summed E-state index contributed by atoms with van der Waals surface area (Å²) < 4.78 is 1.92. The summed E-state index contributed by atoms with van der Waals surface area (Å²) in [5.41, 5.74) is 3.03. The Balaban J connectivity index is 2.06. The van der Waals surface area contributed by atoms with Gasteiger partial charge >= 0.3 is 0 Å². The summed E-state index contributed by atoms with van der Waals surface area (Å²) in [4.78, 5) is 16.3. The van der Waals surface area contributed by atoms with Gasteiger partial charge in [0.05, 0.1) is 5.75 Å². The van der Waals surface area contributed by atoms with Crippen molar-refractivity contribution in [1.29, 1.82) is 0 Å². The van der Waals surface area contributed by atoms with E-state index in [1.165, 1.54) is 17.3 Å². The number of Topliss-reactive ketones (excluding diaryl/α,β-unsaturated/α-hetero) is 1. The molecule has 0 amide bonds. The molecule has 2 aromatic rings. The van der Waals surface area contributed by atoms with E-state index >= 15 is 0 Å². The van der Waals surface area contributed by atoms with Gasteiger partial charge in [-0.1, -0.05) is 35.5 Å². The molecule has 2 rings (SSSR count). The van der Waals surface area contributed by atoms with Gasteiger partial charge in [0.15, 0.2) is 10.9 Å². The van der Waals surface area contributed by atoms with E-state index in [4.69, 9.17) is 0 Å². The first kappa shape index (κ1) is 12.9. The van der Waals surface area contributed by atoms with Crippen molar-refractivity contribution in [2.24, 2.45) is 7.05 Å². The average Bonchev–Trinajstić information content (AvgIpc) is 2.72. The van der Waals surface area contributed by atoms with Gasteiger partial charge in [0.1, 0.15) is 0 Å². The number of hydrogen-bond acceptors (Lipinski definition) is 3. The Morgan fingerprint density at radius 1 is 1.39 bits per heavy atom. The maximum absolute atomic E-state index is 12.1. The lowest BCUT2D eigenvalue weighted by atomic mass is 10.0. The van der Waals surface area contributed by atoms with E-state index in [0.717, 1.165) is 16.3 Å². The van der Waals surface area contributed by atoms with Gasteiger partial charge in [-0.25, -0.2) is 4.98 Å². The molecule has 1 aromatic heterocycles. The lowest BCUT2D eigenvalue weighted by Crippen LogP contribution is -2.05. The van der Waals surface area contributed by atoms with Crippen LogP contribution in [0.15, 0.2) is 35.7 Å².